The lowest BCUT2D eigenvalue weighted by molar-refractivity contribution is -0.130. The van der Waals surface area contributed by atoms with Gasteiger partial charge in [0.1, 0.15) is 11.9 Å². The third kappa shape index (κ3) is 3.88. The molecule has 2 amide bonds. The molecule has 2 N–H and O–H groups in total. The van der Waals surface area contributed by atoms with Crippen molar-refractivity contribution in [1.82, 2.24) is 10.2 Å². The summed E-state index contributed by atoms with van der Waals surface area (Å²) in [5.74, 6) is 0.0790. The van der Waals surface area contributed by atoms with Gasteiger partial charge in [-0.2, -0.15) is 0 Å². The number of amides is 2. The Morgan fingerprint density at radius 2 is 2.23 bits per heavy atom. The number of nitrogens with zero attached hydrogens (tertiary/aromatic N) is 1. The van der Waals surface area contributed by atoms with Gasteiger partial charge in [0.2, 0.25) is 11.8 Å². The molecule has 0 spiro atoms. The van der Waals surface area contributed by atoms with Gasteiger partial charge in [0.25, 0.3) is 0 Å². The first kappa shape index (κ1) is 16.5. The van der Waals surface area contributed by atoms with Gasteiger partial charge in [0.05, 0.1) is 12.2 Å². The lowest BCUT2D eigenvalue weighted by Gasteiger charge is -2.22. The van der Waals surface area contributed by atoms with E-state index in [1.807, 2.05) is 20.8 Å². The highest BCUT2D eigenvalue weighted by Gasteiger charge is 2.35. The first-order valence-electron chi connectivity index (χ1n) is 7.69. The highest BCUT2D eigenvalue weighted by molar-refractivity contribution is 5.89. The van der Waals surface area contributed by atoms with Crippen LogP contribution in [-0.2, 0) is 9.59 Å². The summed E-state index contributed by atoms with van der Waals surface area (Å²) in [5, 5.41) is 12.9. The second-order valence-electron chi connectivity index (χ2n) is 6.22. The summed E-state index contributed by atoms with van der Waals surface area (Å²) in [7, 11) is 0. The maximum atomic E-state index is 12.2. The van der Waals surface area contributed by atoms with E-state index >= 15 is 0 Å². The molecule has 2 rings (SSSR count). The van der Waals surface area contributed by atoms with Crippen LogP contribution in [0.15, 0.2) is 22.8 Å². The Balaban J connectivity index is 1.83. The van der Waals surface area contributed by atoms with Gasteiger partial charge >= 0.3 is 0 Å². The first-order valence-corrected chi connectivity index (χ1v) is 7.69. The highest BCUT2D eigenvalue weighted by Crippen LogP contribution is 2.22. The van der Waals surface area contributed by atoms with Crippen LogP contribution in [-0.4, -0.2) is 40.4 Å². The first-order chi connectivity index (χ1) is 10.4. The number of carbonyl (C=O) groups is 2. The van der Waals surface area contributed by atoms with Crippen molar-refractivity contribution in [3.63, 3.8) is 0 Å². The highest BCUT2D eigenvalue weighted by atomic mass is 16.4. The third-order valence-electron chi connectivity index (χ3n) is 3.99. The maximum Gasteiger partial charge on any atom is 0.225 e. The molecule has 122 valence electrons. The number of aliphatic hydroxyl groups excluding tert-OH is 1. The number of hydrogen-bond donors (Lipinski definition) is 2. The third-order valence-corrected chi connectivity index (χ3v) is 3.99. The largest absolute Gasteiger partial charge is 0.467 e. The Hall–Kier alpha value is -1.82. The van der Waals surface area contributed by atoms with Gasteiger partial charge in [0.15, 0.2) is 0 Å². The smallest absolute Gasteiger partial charge is 0.225 e. The summed E-state index contributed by atoms with van der Waals surface area (Å²) in [4.78, 5) is 25.8. The molecule has 0 saturated carbocycles. The molecule has 1 aliphatic rings. The number of carbonyl (C=O) groups excluding carboxylic acids is 2. The Labute approximate surface area is 130 Å². The molecule has 1 aromatic rings. The Morgan fingerprint density at radius 3 is 2.77 bits per heavy atom. The molecular weight excluding hydrogens is 284 g/mol. The average molecular weight is 308 g/mol. The van der Waals surface area contributed by atoms with Crippen molar-refractivity contribution in [2.24, 2.45) is 5.92 Å². The van der Waals surface area contributed by atoms with Crippen LogP contribution in [0.1, 0.15) is 45.5 Å². The minimum absolute atomic E-state index is 0.0263. The molecule has 0 aliphatic carbocycles. The van der Waals surface area contributed by atoms with E-state index in [4.69, 9.17) is 4.42 Å². The minimum Gasteiger partial charge on any atom is -0.467 e. The van der Waals surface area contributed by atoms with Crippen LogP contribution in [0.3, 0.4) is 0 Å². The van der Waals surface area contributed by atoms with Crippen LogP contribution in [0.5, 0.6) is 0 Å². The van der Waals surface area contributed by atoms with Gasteiger partial charge in [0, 0.05) is 31.5 Å². The van der Waals surface area contributed by atoms with Crippen LogP contribution in [0.2, 0.25) is 0 Å². The summed E-state index contributed by atoms with van der Waals surface area (Å²) in [6.07, 6.45) is 1.39. The van der Waals surface area contributed by atoms with E-state index < -0.39 is 6.10 Å². The van der Waals surface area contributed by atoms with E-state index in [9.17, 15) is 14.7 Å². The molecule has 2 heterocycles. The summed E-state index contributed by atoms with van der Waals surface area (Å²) in [5.41, 5.74) is 0. The number of rotatable bonds is 6. The van der Waals surface area contributed by atoms with Crippen molar-refractivity contribution in [3.05, 3.63) is 24.2 Å². The van der Waals surface area contributed by atoms with E-state index in [1.165, 1.54) is 6.26 Å². The minimum atomic E-state index is -0.748. The molecule has 1 aliphatic heterocycles. The maximum absolute atomic E-state index is 12.2. The van der Waals surface area contributed by atoms with Crippen molar-refractivity contribution >= 4 is 11.8 Å². The van der Waals surface area contributed by atoms with Crippen LogP contribution in [0.4, 0.5) is 0 Å². The van der Waals surface area contributed by atoms with E-state index in [1.54, 1.807) is 17.0 Å². The SMILES string of the molecule is CC(CC(O)c1ccco1)NC(=O)C1CC(=O)N(C(C)C)C1. The van der Waals surface area contributed by atoms with Gasteiger partial charge in [-0.15, -0.1) is 0 Å². The molecular formula is C16H24N2O4. The normalized spacial score (nSPS) is 21.2. The van der Waals surface area contributed by atoms with Crippen molar-refractivity contribution in [3.8, 4) is 0 Å². The fraction of sp³-hybridized carbons (Fsp3) is 0.625. The number of hydrogen-bond acceptors (Lipinski definition) is 4. The van der Waals surface area contributed by atoms with E-state index in [-0.39, 0.29) is 36.2 Å². The summed E-state index contributed by atoms with van der Waals surface area (Å²) < 4.78 is 5.14. The molecule has 0 aromatic carbocycles. The van der Waals surface area contributed by atoms with E-state index in [0.29, 0.717) is 18.7 Å². The molecule has 6 heteroatoms. The van der Waals surface area contributed by atoms with Gasteiger partial charge in [-0.1, -0.05) is 0 Å². The van der Waals surface area contributed by atoms with Crippen molar-refractivity contribution in [1.29, 1.82) is 0 Å². The zero-order valence-corrected chi connectivity index (χ0v) is 13.3. The number of likely N-dealkylation sites (tertiary alicyclic amines) is 1. The molecule has 3 atom stereocenters. The lowest BCUT2D eigenvalue weighted by atomic mass is 10.1. The predicted octanol–water partition coefficient (Wildman–Crippen LogP) is 1.46. The predicted molar refractivity (Wildman–Crippen MR) is 80.8 cm³/mol. The van der Waals surface area contributed by atoms with Gasteiger partial charge < -0.3 is 19.7 Å². The second-order valence-corrected chi connectivity index (χ2v) is 6.22. The summed E-state index contributed by atoms with van der Waals surface area (Å²) >= 11 is 0. The van der Waals surface area contributed by atoms with Crippen LogP contribution in [0.25, 0.3) is 0 Å². The Bertz CT molecular complexity index is 512. The average Bonchev–Trinajstić information content (AvgIpc) is 3.06. The fourth-order valence-corrected chi connectivity index (χ4v) is 2.76. The van der Waals surface area contributed by atoms with Gasteiger partial charge in [-0.3, -0.25) is 9.59 Å². The van der Waals surface area contributed by atoms with Crippen LogP contribution in [0, 0.1) is 5.92 Å². The molecule has 1 fully saturated rings. The van der Waals surface area contributed by atoms with Crippen molar-refractivity contribution in [2.45, 2.75) is 51.8 Å². The van der Waals surface area contributed by atoms with E-state index in [0.717, 1.165) is 0 Å². The van der Waals surface area contributed by atoms with E-state index in [2.05, 4.69) is 5.32 Å². The number of furan rings is 1. The zero-order valence-electron chi connectivity index (χ0n) is 13.3. The Morgan fingerprint density at radius 1 is 1.50 bits per heavy atom. The standard InChI is InChI=1S/C16H24N2O4/c1-10(2)18-9-12(8-15(18)20)16(21)17-11(3)7-13(19)14-5-4-6-22-14/h4-6,10-13,19H,7-9H2,1-3H3,(H,17,21). The molecule has 6 nitrogen and oxygen atoms in total. The van der Waals surface area contributed by atoms with Crippen molar-refractivity contribution in [2.75, 3.05) is 6.54 Å². The monoisotopic (exact) mass is 308 g/mol. The molecule has 22 heavy (non-hydrogen) atoms. The number of aliphatic hydroxyl groups is 1. The quantitative estimate of drug-likeness (QED) is 0.833. The molecule has 1 aromatic heterocycles. The molecule has 0 radical (unpaired) electrons. The molecule has 0 bridgehead atoms. The summed E-state index contributed by atoms with van der Waals surface area (Å²) in [6.45, 7) is 6.19. The summed E-state index contributed by atoms with van der Waals surface area (Å²) in [6, 6.07) is 3.33. The van der Waals surface area contributed by atoms with Gasteiger partial charge in [-0.25, -0.2) is 0 Å². The van der Waals surface area contributed by atoms with Crippen molar-refractivity contribution < 1.29 is 19.1 Å². The zero-order chi connectivity index (χ0) is 16.3. The lowest BCUT2D eigenvalue weighted by Crippen LogP contribution is -2.39. The molecule has 1 saturated heterocycles. The topological polar surface area (TPSA) is 82.8 Å². The number of nitrogens with one attached hydrogen (secondary N) is 1. The van der Waals surface area contributed by atoms with Gasteiger partial charge in [-0.05, 0) is 32.9 Å². The molecule has 3 unspecified atom stereocenters. The van der Waals surface area contributed by atoms with Crippen LogP contribution < -0.4 is 5.32 Å². The van der Waals surface area contributed by atoms with Crippen LogP contribution >= 0.6 is 0 Å². The second kappa shape index (κ2) is 6.96. The fourth-order valence-electron chi connectivity index (χ4n) is 2.76. The Kier molecular flexibility index (Phi) is 5.24.